The Kier molecular flexibility index (Phi) is 2.20. The van der Waals surface area contributed by atoms with Crippen molar-refractivity contribution in [3.63, 3.8) is 0 Å². The number of aromatic nitrogens is 4. The lowest BCUT2D eigenvalue weighted by Gasteiger charge is -1.99. The standard InChI is InChI=1S/C8H8BrN5/c1-4-2-5(14-13-4)7-8(10)11-3-6(9)12-7/h2-3H,1H3,(H2,10,11)(H,13,14). The molecule has 0 aliphatic rings. The third-order valence-electron chi connectivity index (χ3n) is 1.72. The van der Waals surface area contributed by atoms with Crippen molar-refractivity contribution >= 4 is 21.7 Å². The first kappa shape index (κ1) is 9.14. The normalized spacial score (nSPS) is 10.4. The molecule has 0 amide bonds. The molecule has 2 aromatic rings. The molecule has 14 heavy (non-hydrogen) atoms. The van der Waals surface area contributed by atoms with Gasteiger partial charge in [-0.15, -0.1) is 0 Å². The topological polar surface area (TPSA) is 80.5 Å². The number of halogens is 1. The fourth-order valence-corrected chi connectivity index (χ4v) is 1.38. The predicted octanol–water partition coefficient (Wildman–Crippen LogP) is 1.52. The van der Waals surface area contributed by atoms with Gasteiger partial charge in [-0.25, -0.2) is 9.97 Å². The van der Waals surface area contributed by atoms with Crippen LogP contribution in [0.15, 0.2) is 16.9 Å². The lowest BCUT2D eigenvalue weighted by atomic mass is 10.3. The lowest BCUT2D eigenvalue weighted by Crippen LogP contribution is -1.97. The van der Waals surface area contributed by atoms with E-state index in [1.165, 1.54) is 0 Å². The Morgan fingerprint density at radius 2 is 2.29 bits per heavy atom. The lowest BCUT2D eigenvalue weighted by molar-refractivity contribution is 1.04. The van der Waals surface area contributed by atoms with E-state index in [2.05, 4.69) is 36.1 Å². The van der Waals surface area contributed by atoms with E-state index >= 15 is 0 Å². The molecule has 3 N–H and O–H groups in total. The van der Waals surface area contributed by atoms with Gasteiger partial charge in [0.1, 0.15) is 16.0 Å². The fraction of sp³-hybridized carbons (Fsp3) is 0.125. The first-order chi connectivity index (χ1) is 6.66. The highest BCUT2D eigenvalue weighted by Gasteiger charge is 2.09. The molecule has 0 atom stereocenters. The minimum atomic E-state index is 0.375. The molecule has 5 nitrogen and oxygen atoms in total. The second-order valence-electron chi connectivity index (χ2n) is 2.86. The zero-order chi connectivity index (χ0) is 10.1. The van der Waals surface area contributed by atoms with Crippen LogP contribution in [0.25, 0.3) is 11.4 Å². The van der Waals surface area contributed by atoms with Gasteiger partial charge < -0.3 is 5.73 Å². The third-order valence-corrected chi connectivity index (χ3v) is 2.10. The van der Waals surface area contributed by atoms with Crippen LogP contribution in [0.1, 0.15) is 5.69 Å². The largest absolute Gasteiger partial charge is 0.382 e. The molecule has 2 rings (SSSR count). The first-order valence-electron chi connectivity index (χ1n) is 3.97. The second kappa shape index (κ2) is 3.38. The molecule has 2 aromatic heterocycles. The molecule has 6 heteroatoms. The fourth-order valence-electron chi connectivity index (χ4n) is 1.10. The Balaban J connectivity index is 2.55. The van der Waals surface area contributed by atoms with E-state index in [9.17, 15) is 0 Å². The summed E-state index contributed by atoms with van der Waals surface area (Å²) in [5.41, 5.74) is 7.93. The van der Waals surface area contributed by atoms with Crippen molar-refractivity contribution in [2.75, 3.05) is 5.73 Å². The highest BCUT2D eigenvalue weighted by Crippen LogP contribution is 2.21. The Labute approximate surface area is 88.9 Å². The molecule has 0 bridgehead atoms. The van der Waals surface area contributed by atoms with Crippen LogP contribution in [0, 0.1) is 6.92 Å². The van der Waals surface area contributed by atoms with E-state index in [1.54, 1.807) is 6.20 Å². The van der Waals surface area contributed by atoms with E-state index in [-0.39, 0.29) is 0 Å². The summed E-state index contributed by atoms with van der Waals surface area (Å²) in [7, 11) is 0. The van der Waals surface area contributed by atoms with Crippen LogP contribution in [0.5, 0.6) is 0 Å². The number of nitrogens with zero attached hydrogens (tertiary/aromatic N) is 3. The monoisotopic (exact) mass is 253 g/mol. The molecule has 0 aliphatic carbocycles. The number of aryl methyl sites for hydroxylation is 1. The molecule has 0 radical (unpaired) electrons. The number of H-pyrrole nitrogens is 1. The number of hydrogen-bond acceptors (Lipinski definition) is 4. The number of anilines is 1. The highest BCUT2D eigenvalue weighted by atomic mass is 79.9. The maximum atomic E-state index is 5.68. The minimum absolute atomic E-state index is 0.375. The highest BCUT2D eigenvalue weighted by molar-refractivity contribution is 9.10. The Morgan fingerprint density at radius 1 is 1.50 bits per heavy atom. The van der Waals surface area contributed by atoms with Gasteiger partial charge in [-0.1, -0.05) is 0 Å². The Hall–Kier alpha value is -1.43. The predicted molar refractivity (Wildman–Crippen MR) is 56.5 cm³/mol. The van der Waals surface area contributed by atoms with Crippen molar-refractivity contribution in [2.24, 2.45) is 0 Å². The molecular formula is C8H8BrN5. The van der Waals surface area contributed by atoms with Gasteiger partial charge in [-0.05, 0) is 28.9 Å². The zero-order valence-corrected chi connectivity index (χ0v) is 9.04. The van der Waals surface area contributed by atoms with E-state index < -0.39 is 0 Å². The van der Waals surface area contributed by atoms with Gasteiger partial charge in [0.25, 0.3) is 0 Å². The van der Waals surface area contributed by atoms with Crippen molar-refractivity contribution in [2.45, 2.75) is 6.92 Å². The molecule has 72 valence electrons. The third kappa shape index (κ3) is 1.60. The van der Waals surface area contributed by atoms with Crippen LogP contribution in [-0.4, -0.2) is 20.2 Å². The quantitative estimate of drug-likeness (QED) is 0.808. The van der Waals surface area contributed by atoms with Crippen molar-refractivity contribution in [1.82, 2.24) is 20.2 Å². The SMILES string of the molecule is Cc1cc(-c2nc(Br)cnc2N)n[nH]1. The molecule has 0 aliphatic heterocycles. The van der Waals surface area contributed by atoms with Crippen molar-refractivity contribution in [1.29, 1.82) is 0 Å². The number of nitrogens with two attached hydrogens (primary N) is 1. The number of aromatic amines is 1. The molecule has 0 aromatic carbocycles. The summed E-state index contributed by atoms with van der Waals surface area (Å²) in [6.07, 6.45) is 1.55. The Bertz CT molecular complexity index is 465. The average Bonchev–Trinajstić information content (AvgIpc) is 2.56. The van der Waals surface area contributed by atoms with Crippen molar-refractivity contribution in [3.05, 3.63) is 22.6 Å². The van der Waals surface area contributed by atoms with Gasteiger partial charge in [0.05, 0.1) is 6.20 Å². The van der Waals surface area contributed by atoms with Crippen LogP contribution in [0.3, 0.4) is 0 Å². The maximum absolute atomic E-state index is 5.68. The number of nitrogens with one attached hydrogen (secondary N) is 1. The van der Waals surface area contributed by atoms with Crippen LogP contribution in [0.4, 0.5) is 5.82 Å². The molecular weight excluding hydrogens is 246 g/mol. The number of hydrogen-bond donors (Lipinski definition) is 2. The molecule has 0 saturated heterocycles. The molecule has 0 unspecified atom stereocenters. The first-order valence-corrected chi connectivity index (χ1v) is 4.76. The van der Waals surface area contributed by atoms with Gasteiger partial charge in [0.2, 0.25) is 0 Å². The molecule has 0 saturated carbocycles. The summed E-state index contributed by atoms with van der Waals surface area (Å²) >= 11 is 3.23. The summed E-state index contributed by atoms with van der Waals surface area (Å²) in [5, 5.41) is 6.88. The number of rotatable bonds is 1. The summed E-state index contributed by atoms with van der Waals surface area (Å²) < 4.78 is 0.641. The van der Waals surface area contributed by atoms with Crippen LogP contribution >= 0.6 is 15.9 Å². The van der Waals surface area contributed by atoms with Crippen LogP contribution in [-0.2, 0) is 0 Å². The van der Waals surface area contributed by atoms with Gasteiger partial charge >= 0.3 is 0 Å². The minimum Gasteiger partial charge on any atom is -0.382 e. The van der Waals surface area contributed by atoms with E-state index in [4.69, 9.17) is 5.73 Å². The van der Waals surface area contributed by atoms with E-state index in [1.807, 2.05) is 13.0 Å². The second-order valence-corrected chi connectivity index (χ2v) is 3.68. The zero-order valence-electron chi connectivity index (χ0n) is 7.45. The van der Waals surface area contributed by atoms with Gasteiger partial charge in [-0.3, -0.25) is 5.10 Å². The summed E-state index contributed by atoms with van der Waals surface area (Å²) in [6.45, 7) is 1.91. The van der Waals surface area contributed by atoms with Crippen molar-refractivity contribution < 1.29 is 0 Å². The summed E-state index contributed by atoms with van der Waals surface area (Å²) in [5.74, 6) is 0.375. The summed E-state index contributed by atoms with van der Waals surface area (Å²) in [6, 6.07) is 1.87. The Morgan fingerprint density at radius 3 is 2.93 bits per heavy atom. The van der Waals surface area contributed by atoms with Crippen LogP contribution < -0.4 is 5.73 Å². The van der Waals surface area contributed by atoms with Crippen LogP contribution in [0.2, 0.25) is 0 Å². The number of nitrogen functional groups attached to an aromatic ring is 1. The average molecular weight is 254 g/mol. The smallest absolute Gasteiger partial charge is 0.151 e. The molecule has 0 fully saturated rings. The molecule has 0 spiro atoms. The van der Waals surface area contributed by atoms with Crippen molar-refractivity contribution in [3.8, 4) is 11.4 Å². The molecule has 2 heterocycles. The van der Waals surface area contributed by atoms with E-state index in [0.29, 0.717) is 21.8 Å². The van der Waals surface area contributed by atoms with Gasteiger partial charge in [0, 0.05) is 5.69 Å². The van der Waals surface area contributed by atoms with Gasteiger partial charge in [0.15, 0.2) is 5.82 Å². The van der Waals surface area contributed by atoms with Gasteiger partial charge in [-0.2, -0.15) is 5.10 Å². The van der Waals surface area contributed by atoms with E-state index in [0.717, 1.165) is 5.69 Å². The summed E-state index contributed by atoms with van der Waals surface area (Å²) in [4.78, 5) is 8.18. The maximum Gasteiger partial charge on any atom is 0.151 e.